The van der Waals surface area contributed by atoms with E-state index in [1.54, 1.807) is 6.07 Å². The summed E-state index contributed by atoms with van der Waals surface area (Å²) in [6.45, 7) is 4.37. The number of aryl methyl sites for hydroxylation is 2. The fourth-order valence-corrected chi connectivity index (χ4v) is 6.98. The lowest BCUT2D eigenvalue weighted by atomic mass is 9.93. The predicted octanol–water partition coefficient (Wildman–Crippen LogP) is 7.92. The first kappa shape index (κ1) is 30.7. The second-order valence-corrected chi connectivity index (χ2v) is 12.6. The summed E-state index contributed by atoms with van der Waals surface area (Å²) in [7, 11) is -9.75. The van der Waals surface area contributed by atoms with E-state index in [4.69, 9.17) is 0 Å². The molecule has 0 aliphatic rings. The van der Waals surface area contributed by atoms with Crippen LogP contribution in [0.15, 0.2) is 34.1 Å². The van der Waals surface area contributed by atoms with Gasteiger partial charge in [-0.1, -0.05) is 109 Å². The van der Waals surface area contributed by atoms with Crippen molar-refractivity contribution in [3.8, 4) is 0 Å². The molecule has 0 aliphatic heterocycles. The molecule has 204 valence electrons. The summed E-state index contributed by atoms with van der Waals surface area (Å²) >= 11 is 0. The highest BCUT2D eigenvalue weighted by Crippen LogP contribution is 2.35. The van der Waals surface area contributed by atoms with Gasteiger partial charge in [-0.2, -0.15) is 16.8 Å². The van der Waals surface area contributed by atoms with E-state index in [1.807, 2.05) is 12.1 Å². The molecule has 0 heterocycles. The molecule has 6 nitrogen and oxygen atoms in total. The normalized spacial score (nSPS) is 12.4. The Labute approximate surface area is 218 Å². The van der Waals surface area contributed by atoms with Gasteiger partial charge in [-0.25, -0.2) is 0 Å². The van der Waals surface area contributed by atoms with Gasteiger partial charge < -0.3 is 0 Å². The van der Waals surface area contributed by atoms with Crippen molar-refractivity contribution in [2.24, 2.45) is 0 Å². The van der Waals surface area contributed by atoms with Crippen LogP contribution in [0.25, 0.3) is 10.8 Å². The summed E-state index contributed by atoms with van der Waals surface area (Å²) in [6, 6.07) is 6.51. The van der Waals surface area contributed by atoms with Crippen LogP contribution in [0, 0.1) is 0 Å². The van der Waals surface area contributed by atoms with Gasteiger partial charge in [0.25, 0.3) is 20.2 Å². The molecule has 0 aromatic heterocycles. The fraction of sp³-hybridized carbons (Fsp3) is 0.643. The zero-order valence-electron chi connectivity index (χ0n) is 22.0. The molecule has 0 aliphatic carbocycles. The van der Waals surface area contributed by atoms with Crippen molar-refractivity contribution in [3.05, 3.63) is 35.4 Å². The molecule has 0 unspecified atom stereocenters. The summed E-state index contributed by atoms with van der Waals surface area (Å²) in [5, 5.41) is 0.848. The van der Waals surface area contributed by atoms with E-state index >= 15 is 0 Å². The van der Waals surface area contributed by atoms with E-state index in [2.05, 4.69) is 13.8 Å². The maximum Gasteiger partial charge on any atom is 0.296 e. The molecule has 0 saturated heterocycles. The van der Waals surface area contributed by atoms with Crippen LogP contribution < -0.4 is 0 Å². The van der Waals surface area contributed by atoms with Gasteiger partial charge in [-0.05, 0) is 48.3 Å². The van der Waals surface area contributed by atoms with Gasteiger partial charge >= 0.3 is 0 Å². The molecule has 0 bridgehead atoms. The maximum absolute atomic E-state index is 12.4. The van der Waals surface area contributed by atoms with Crippen LogP contribution in [-0.2, 0) is 33.1 Å². The van der Waals surface area contributed by atoms with Crippen molar-refractivity contribution >= 4 is 31.0 Å². The molecule has 2 aromatic rings. The Bertz CT molecular complexity index is 1170. The van der Waals surface area contributed by atoms with Crippen LogP contribution in [0.1, 0.15) is 115 Å². The van der Waals surface area contributed by atoms with E-state index in [-0.39, 0.29) is 5.39 Å². The van der Waals surface area contributed by atoms with E-state index in [0.29, 0.717) is 17.4 Å². The highest BCUT2D eigenvalue weighted by molar-refractivity contribution is 7.89. The summed E-state index contributed by atoms with van der Waals surface area (Å²) in [6.07, 6.45) is 17.1. The minimum atomic E-state index is -4.91. The number of hydrogen-bond donors (Lipinski definition) is 2. The zero-order valence-corrected chi connectivity index (χ0v) is 23.6. The third kappa shape index (κ3) is 9.43. The van der Waals surface area contributed by atoms with Gasteiger partial charge in [-0.15, -0.1) is 0 Å². The van der Waals surface area contributed by atoms with Crippen molar-refractivity contribution in [1.82, 2.24) is 0 Å². The Kier molecular flexibility index (Phi) is 12.9. The first-order valence-corrected chi connectivity index (χ1v) is 16.5. The van der Waals surface area contributed by atoms with E-state index < -0.39 is 30.0 Å². The van der Waals surface area contributed by atoms with Gasteiger partial charge in [0, 0.05) is 5.39 Å². The quantitative estimate of drug-likeness (QED) is 0.147. The molecule has 0 atom stereocenters. The number of rotatable bonds is 18. The summed E-state index contributed by atoms with van der Waals surface area (Å²) in [5.41, 5.74) is 1.61. The molecular formula is C28H44O6S2. The molecule has 0 spiro atoms. The molecule has 0 fully saturated rings. The highest BCUT2D eigenvalue weighted by Gasteiger charge is 2.28. The molecule has 0 radical (unpaired) electrons. The predicted molar refractivity (Wildman–Crippen MR) is 147 cm³/mol. The van der Waals surface area contributed by atoms with Crippen molar-refractivity contribution < 1.29 is 25.9 Å². The first-order valence-electron chi connectivity index (χ1n) is 13.6. The monoisotopic (exact) mass is 540 g/mol. The summed E-state index contributed by atoms with van der Waals surface area (Å²) in [5.74, 6) is 0. The topological polar surface area (TPSA) is 109 Å². The average molecular weight is 541 g/mol. The Balaban J connectivity index is 2.36. The molecule has 2 aromatic carbocycles. The van der Waals surface area contributed by atoms with Gasteiger partial charge in [0.1, 0.15) is 9.79 Å². The maximum atomic E-state index is 12.4. The standard InChI is InChI=1S/C28H44O6S2/c1-3-5-7-9-11-13-15-17-23-19-20-24(18-16-14-12-10-8-6-4-2)27-25(23)21-22-26(35(29,30)31)28(27)36(32,33)34/h19-22H,3-18H2,1-2H3,(H,29,30,31)(H,32,33,34). The molecule has 2 N–H and O–H groups in total. The zero-order chi connectivity index (χ0) is 26.6. The lowest BCUT2D eigenvalue weighted by Gasteiger charge is -2.16. The largest absolute Gasteiger partial charge is 0.296 e. The van der Waals surface area contributed by atoms with E-state index in [1.165, 1.54) is 44.9 Å². The van der Waals surface area contributed by atoms with Crippen LogP contribution in [0.4, 0.5) is 0 Å². The fourth-order valence-electron chi connectivity index (χ4n) is 4.95. The second kappa shape index (κ2) is 15.1. The van der Waals surface area contributed by atoms with Crippen LogP contribution >= 0.6 is 0 Å². The second-order valence-electron chi connectivity index (χ2n) is 9.89. The SMILES string of the molecule is CCCCCCCCCc1ccc(CCCCCCCCC)c2c(S(=O)(=O)O)c(S(=O)(=O)O)ccc12. The Hall–Kier alpha value is -1.48. The number of hydrogen-bond acceptors (Lipinski definition) is 4. The van der Waals surface area contributed by atoms with Crippen LogP contribution in [0.2, 0.25) is 0 Å². The van der Waals surface area contributed by atoms with Crippen molar-refractivity contribution in [3.63, 3.8) is 0 Å². The van der Waals surface area contributed by atoms with Gasteiger partial charge in [-0.3, -0.25) is 9.11 Å². The third-order valence-electron chi connectivity index (χ3n) is 6.91. The smallest absolute Gasteiger partial charge is 0.282 e. The van der Waals surface area contributed by atoms with Gasteiger partial charge in [0.15, 0.2) is 0 Å². The molecule has 8 heteroatoms. The number of unbranched alkanes of at least 4 members (excludes halogenated alkanes) is 12. The van der Waals surface area contributed by atoms with E-state index in [0.717, 1.165) is 63.0 Å². The molecule has 0 amide bonds. The Morgan fingerprint density at radius 2 is 1.00 bits per heavy atom. The number of benzene rings is 2. The van der Waals surface area contributed by atoms with Crippen LogP contribution in [0.3, 0.4) is 0 Å². The van der Waals surface area contributed by atoms with Gasteiger partial charge in [0.2, 0.25) is 0 Å². The van der Waals surface area contributed by atoms with Crippen molar-refractivity contribution in [2.75, 3.05) is 0 Å². The highest BCUT2D eigenvalue weighted by atomic mass is 32.2. The average Bonchev–Trinajstić information content (AvgIpc) is 2.81. The lowest BCUT2D eigenvalue weighted by molar-refractivity contribution is 0.467. The van der Waals surface area contributed by atoms with Gasteiger partial charge in [0.05, 0.1) is 0 Å². The Morgan fingerprint density at radius 1 is 0.556 bits per heavy atom. The molecule has 0 saturated carbocycles. The van der Waals surface area contributed by atoms with Crippen molar-refractivity contribution in [2.45, 2.75) is 126 Å². The first-order chi connectivity index (χ1) is 17.1. The minimum Gasteiger partial charge on any atom is -0.282 e. The van der Waals surface area contributed by atoms with Crippen molar-refractivity contribution in [1.29, 1.82) is 0 Å². The summed E-state index contributed by atoms with van der Waals surface area (Å²) in [4.78, 5) is -1.48. The van der Waals surface area contributed by atoms with Crippen LogP contribution in [-0.4, -0.2) is 25.9 Å². The lowest BCUT2D eigenvalue weighted by Crippen LogP contribution is -2.11. The molecule has 2 rings (SSSR count). The molecular weight excluding hydrogens is 496 g/mol. The van der Waals surface area contributed by atoms with E-state index in [9.17, 15) is 25.9 Å². The van der Waals surface area contributed by atoms with Crippen LogP contribution in [0.5, 0.6) is 0 Å². The Morgan fingerprint density at radius 3 is 1.47 bits per heavy atom. The third-order valence-corrected chi connectivity index (χ3v) is 8.87. The summed E-state index contributed by atoms with van der Waals surface area (Å²) < 4.78 is 68.7. The minimum absolute atomic E-state index is 0.221. The number of fused-ring (bicyclic) bond motifs is 1. The molecule has 36 heavy (non-hydrogen) atoms.